The molecule has 2 aromatic carbocycles. The molecular weight excluding hydrogens is 304 g/mol. The Morgan fingerprint density at radius 2 is 1.67 bits per heavy atom. The lowest BCUT2D eigenvalue weighted by molar-refractivity contribution is -0.385. The number of nitro benzene ring substituents is 2. The number of nitro groups is 2. The molecule has 108 valence electrons. The third-order valence-corrected chi connectivity index (χ3v) is 2.72. The van der Waals surface area contributed by atoms with Crippen LogP contribution in [-0.2, 0) is 0 Å². The van der Waals surface area contributed by atoms with Crippen molar-refractivity contribution in [3.63, 3.8) is 0 Å². The smallest absolute Gasteiger partial charge is 0.313 e. The van der Waals surface area contributed by atoms with Gasteiger partial charge in [0.1, 0.15) is 5.75 Å². The van der Waals surface area contributed by atoms with Gasteiger partial charge in [-0.2, -0.15) is 0 Å². The summed E-state index contributed by atoms with van der Waals surface area (Å²) in [6.45, 7) is 0. The van der Waals surface area contributed by atoms with Crippen LogP contribution in [0.1, 0.15) is 0 Å². The van der Waals surface area contributed by atoms with Crippen molar-refractivity contribution >= 4 is 23.0 Å². The van der Waals surface area contributed by atoms with Crippen molar-refractivity contribution < 1.29 is 19.7 Å². The van der Waals surface area contributed by atoms with Gasteiger partial charge in [0.25, 0.3) is 0 Å². The van der Waals surface area contributed by atoms with E-state index >= 15 is 0 Å². The Balaban J connectivity index is 2.37. The van der Waals surface area contributed by atoms with E-state index < -0.39 is 21.3 Å². The summed E-state index contributed by atoms with van der Waals surface area (Å²) in [4.78, 5) is 20.0. The molecule has 0 atom stereocenters. The minimum atomic E-state index is -0.760. The van der Waals surface area contributed by atoms with Crippen LogP contribution < -0.4 is 4.74 Å². The summed E-state index contributed by atoms with van der Waals surface area (Å²) in [7, 11) is 0. The molecule has 0 fully saturated rings. The Morgan fingerprint density at radius 3 is 2.24 bits per heavy atom. The Labute approximate surface area is 122 Å². The monoisotopic (exact) mass is 310 g/mol. The van der Waals surface area contributed by atoms with E-state index in [0.29, 0.717) is 0 Å². The van der Waals surface area contributed by atoms with Crippen molar-refractivity contribution in [2.45, 2.75) is 0 Å². The number of aromatic hydroxyl groups is 1. The zero-order valence-corrected chi connectivity index (χ0v) is 11.0. The number of rotatable bonds is 4. The predicted octanol–water partition coefficient (Wildman–Crippen LogP) is 3.65. The quantitative estimate of drug-likeness (QED) is 0.680. The van der Waals surface area contributed by atoms with E-state index in [4.69, 9.17) is 16.3 Å². The molecular formula is C12H7ClN2O6. The maximum atomic E-state index is 10.9. The topological polar surface area (TPSA) is 116 Å². The van der Waals surface area contributed by atoms with Gasteiger partial charge in [0, 0.05) is 23.2 Å². The zero-order chi connectivity index (χ0) is 15.6. The lowest BCUT2D eigenvalue weighted by atomic mass is 10.2. The summed E-state index contributed by atoms with van der Waals surface area (Å²) in [5.74, 6) is -0.685. The fraction of sp³-hybridized carbons (Fsp3) is 0. The minimum absolute atomic E-state index is 0.0172. The summed E-state index contributed by atoms with van der Waals surface area (Å²) >= 11 is 5.67. The van der Waals surface area contributed by atoms with E-state index in [2.05, 4.69) is 0 Å². The van der Waals surface area contributed by atoms with Gasteiger partial charge in [-0.05, 0) is 18.2 Å². The maximum absolute atomic E-state index is 10.9. The Morgan fingerprint density at radius 1 is 1.00 bits per heavy atom. The molecule has 1 N–H and O–H groups in total. The molecule has 8 nitrogen and oxygen atoms in total. The molecule has 9 heteroatoms. The first-order valence-corrected chi connectivity index (χ1v) is 5.85. The Bertz CT molecular complexity index is 734. The molecule has 0 heterocycles. The lowest BCUT2D eigenvalue weighted by Gasteiger charge is -2.07. The minimum Gasteiger partial charge on any atom is -0.502 e. The van der Waals surface area contributed by atoms with Crippen LogP contribution in [-0.4, -0.2) is 15.0 Å². The molecule has 0 saturated heterocycles. The number of nitrogens with zero attached hydrogens (tertiary/aromatic N) is 2. The van der Waals surface area contributed by atoms with Gasteiger partial charge < -0.3 is 9.84 Å². The fourth-order valence-corrected chi connectivity index (χ4v) is 1.73. The third-order valence-electron chi connectivity index (χ3n) is 2.49. The zero-order valence-electron chi connectivity index (χ0n) is 10.2. The Kier molecular flexibility index (Phi) is 3.90. The van der Waals surface area contributed by atoms with Crippen LogP contribution >= 0.6 is 11.6 Å². The van der Waals surface area contributed by atoms with Gasteiger partial charge in [-0.1, -0.05) is 11.6 Å². The highest BCUT2D eigenvalue weighted by Gasteiger charge is 2.18. The lowest BCUT2D eigenvalue weighted by Crippen LogP contribution is -1.94. The van der Waals surface area contributed by atoms with Crippen LogP contribution in [0.5, 0.6) is 17.2 Å². The van der Waals surface area contributed by atoms with E-state index in [1.165, 1.54) is 18.2 Å². The van der Waals surface area contributed by atoms with Gasteiger partial charge in [0.05, 0.1) is 9.85 Å². The van der Waals surface area contributed by atoms with Crippen molar-refractivity contribution in [3.8, 4) is 17.2 Å². The molecule has 0 radical (unpaired) electrons. The summed E-state index contributed by atoms with van der Waals surface area (Å²) in [5.41, 5.74) is -0.853. The molecule has 2 rings (SSSR count). The maximum Gasteiger partial charge on any atom is 0.313 e. The van der Waals surface area contributed by atoms with Crippen molar-refractivity contribution in [2.24, 2.45) is 0 Å². The predicted molar refractivity (Wildman–Crippen MR) is 72.9 cm³/mol. The molecule has 0 saturated carbocycles. The average Bonchev–Trinajstić information content (AvgIpc) is 2.40. The van der Waals surface area contributed by atoms with E-state index in [1.54, 1.807) is 0 Å². The van der Waals surface area contributed by atoms with Gasteiger partial charge >= 0.3 is 11.4 Å². The number of phenolic OH excluding ortho intramolecular Hbond substituents is 1. The molecule has 0 bridgehead atoms. The van der Waals surface area contributed by atoms with Gasteiger partial charge in [-0.3, -0.25) is 20.2 Å². The van der Waals surface area contributed by atoms with Gasteiger partial charge in [-0.25, -0.2) is 0 Å². The van der Waals surface area contributed by atoms with E-state index in [9.17, 15) is 25.3 Å². The molecule has 0 aromatic heterocycles. The highest BCUT2D eigenvalue weighted by Crippen LogP contribution is 2.36. The SMILES string of the molecule is O=[N+]([O-])c1ccc(Oc2ccc(Cl)cc2[N+](=O)[O-])cc1O. The first-order valence-electron chi connectivity index (χ1n) is 5.47. The average molecular weight is 311 g/mol. The molecule has 0 unspecified atom stereocenters. The Hall–Kier alpha value is -2.87. The van der Waals surface area contributed by atoms with Crippen molar-refractivity contribution in [1.82, 2.24) is 0 Å². The number of ether oxygens (including phenoxy) is 1. The number of benzene rings is 2. The van der Waals surface area contributed by atoms with Crippen LogP contribution in [0.4, 0.5) is 11.4 Å². The van der Waals surface area contributed by atoms with Crippen LogP contribution in [0.2, 0.25) is 5.02 Å². The van der Waals surface area contributed by atoms with Crippen molar-refractivity contribution in [2.75, 3.05) is 0 Å². The number of hydrogen-bond donors (Lipinski definition) is 1. The van der Waals surface area contributed by atoms with Crippen LogP contribution in [0, 0.1) is 20.2 Å². The summed E-state index contributed by atoms with van der Waals surface area (Å²) in [6.07, 6.45) is 0. The molecule has 21 heavy (non-hydrogen) atoms. The second kappa shape index (κ2) is 5.63. The van der Waals surface area contributed by atoms with E-state index in [1.807, 2.05) is 0 Å². The van der Waals surface area contributed by atoms with Gasteiger partial charge in [-0.15, -0.1) is 0 Å². The van der Waals surface area contributed by atoms with Crippen LogP contribution in [0.3, 0.4) is 0 Å². The second-order valence-electron chi connectivity index (χ2n) is 3.88. The molecule has 0 aliphatic heterocycles. The highest BCUT2D eigenvalue weighted by atomic mass is 35.5. The standard InChI is InChI=1S/C12H7ClN2O6/c13-7-1-4-12(10(5-7)15(19)20)21-8-2-3-9(14(17)18)11(16)6-8/h1-6,16H. The first kappa shape index (κ1) is 14.5. The largest absolute Gasteiger partial charge is 0.502 e. The van der Waals surface area contributed by atoms with E-state index in [0.717, 1.165) is 18.2 Å². The molecule has 0 aliphatic rings. The van der Waals surface area contributed by atoms with Crippen molar-refractivity contribution in [1.29, 1.82) is 0 Å². The highest BCUT2D eigenvalue weighted by molar-refractivity contribution is 6.30. The molecule has 0 spiro atoms. The van der Waals surface area contributed by atoms with Gasteiger partial charge in [0.15, 0.2) is 5.75 Å². The van der Waals surface area contributed by atoms with E-state index in [-0.39, 0.29) is 22.2 Å². The summed E-state index contributed by atoms with van der Waals surface area (Å²) in [6, 6.07) is 7.05. The molecule has 0 aliphatic carbocycles. The second-order valence-corrected chi connectivity index (χ2v) is 4.32. The summed E-state index contributed by atoms with van der Waals surface area (Å²) < 4.78 is 5.26. The summed E-state index contributed by atoms with van der Waals surface area (Å²) in [5, 5.41) is 31.1. The number of hydrogen-bond acceptors (Lipinski definition) is 6. The van der Waals surface area contributed by atoms with Crippen LogP contribution in [0.25, 0.3) is 0 Å². The molecule has 0 amide bonds. The molecule has 2 aromatic rings. The normalized spacial score (nSPS) is 10.1. The fourth-order valence-electron chi connectivity index (χ4n) is 1.57. The number of halogens is 1. The van der Waals surface area contributed by atoms with Crippen molar-refractivity contribution in [3.05, 3.63) is 61.6 Å². The van der Waals surface area contributed by atoms with Crippen LogP contribution in [0.15, 0.2) is 36.4 Å². The first-order chi connectivity index (χ1) is 9.88. The third kappa shape index (κ3) is 3.18. The number of phenols is 1. The van der Waals surface area contributed by atoms with Gasteiger partial charge in [0.2, 0.25) is 5.75 Å².